The van der Waals surface area contributed by atoms with E-state index >= 15 is 0 Å². The molecule has 0 saturated heterocycles. The third-order valence-corrected chi connectivity index (χ3v) is 10.6. The van der Waals surface area contributed by atoms with Crippen molar-refractivity contribution in [1.29, 1.82) is 0 Å². The summed E-state index contributed by atoms with van der Waals surface area (Å²) in [5.41, 5.74) is 8.42. The van der Waals surface area contributed by atoms with Crippen LogP contribution in [0.1, 0.15) is 117 Å². The summed E-state index contributed by atoms with van der Waals surface area (Å²) >= 11 is 0. The van der Waals surface area contributed by atoms with E-state index in [1.54, 1.807) is 6.42 Å². The number of nitrogens with two attached hydrogens (primary N) is 1. The summed E-state index contributed by atoms with van der Waals surface area (Å²) in [6.45, 7) is 7.50. The van der Waals surface area contributed by atoms with Gasteiger partial charge in [0.25, 0.3) is 0 Å². The maximum Gasteiger partial charge on any atom is 0.0211 e. The molecule has 4 aliphatic rings. The highest BCUT2D eigenvalue weighted by Gasteiger charge is 2.63. The third kappa shape index (κ3) is 2.66. The molecule has 4 saturated carbocycles. The van der Waals surface area contributed by atoms with Crippen molar-refractivity contribution in [1.82, 2.24) is 0 Å². The highest BCUT2D eigenvalue weighted by molar-refractivity contribution is 5.15. The van der Waals surface area contributed by atoms with E-state index in [2.05, 4.69) is 20.8 Å². The zero-order valence-corrected chi connectivity index (χ0v) is 18.0. The van der Waals surface area contributed by atoms with Crippen LogP contribution in [0.15, 0.2) is 0 Å². The molecule has 1 heteroatoms. The normalized spacial score (nSPS) is 50.8. The summed E-state index contributed by atoms with van der Waals surface area (Å²) in [5.74, 6) is 4.00. The molecule has 150 valence electrons. The number of hydrogen-bond donors (Lipinski definition) is 1. The SMILES string of the molecule is CCCCCC1CCC2C3CCC4(N)CCCCC4(C)C3CCC12CC. The molecule has 0 heterocycles. The molecule has 0 aliphatic heterocycles. The summed E-state index contributed by atoms with van der Waals surface area (Å²) in [4.78, 5) is 0. The first-order valence-electron chi connectivity index (χ1n) is 12.3. The van der Waals surface area contributed by atoms with Gasteiger partial charge >= 0.3 is 0 Å². The Balaban J connectivity index is 1.57. The van der Waals surface area contributed by atoms with Crippen molar-refractivity contribution in [2.45, 2.75) is 123 Å². The van der Waals surface area contributed by atoms with E-state index in [0.717, 1.165) is 23.7 Å². The van der Waals surface area contributed by atoms with Crippen LogP contribution >= 0.6 is 0 Å². The van der Waals surface area contributed by atoms with E-state index in [1.165, 1.54) is 89.9 Å². The van der Waals surface area contributed by atoms with Crippen LogP contribution in [-0.2, 0) is 0 Å². The van der Waals surface area contributed by atoms with Gasteiger partial charge in [-0.1, -0.05) is 52.9 Å². The fourth-order valence-electron chi connectivity index (χ4n) is 9.06. The fraction of sp³-hybridized carbons (Fsp3) is 1.00. The molecular formula is C25H45N. The van der Waals surface area contributed by atoms with Crippen LogP contribution in [0.3, 0.4) is 0 Å². The van der Waals surface area contributed by atoms with Crippen LogP contribution in [0.25, 0.3) is 0 Å². The van der Waals surface area contributed by atoms with Crippen molar-refractivity contribution < 1.29 is 0 Å². The third-order valence-electron chi connectivity index (χ3n) is 10.6. The molecule has 0 bridgehead atoms. The van der Waals surface area contributed by atoms with Crippen LogP contribution in [0.4, 0.5) is 0 Å². The van der Waals surface area contributed by atoms with Gasteiger partial charge in [0, 0.05) is 5.54 Å². The minimum absolute atomic E-state index is 0.164. The Kier molecular flexibility index (Phi) is 5.26. The van der Waals surface area contributed by atoms with Gasteiger partial charge in [0.15, 0.2) is 0 Å². The Morgan fingerprint density at radius 3 is 2.42 bits per heavy atom. The second-order valence-corrected chi connectivity index (χ2v) is 11.1. The lowest BCUT2D eigenvalue weighted by Gasteiger charge is -2.64. The van der Waals surface area contributed by atoms with Gasteiger partial charge in [0.05, 0.1) is 0 Å². The monoisotopic (exact) mass is 359 g/mol. The Bertz CT molecular complexity index is 500. The van der Waals surface area contributed by atoms with Gasteiger partial charge in [0.2, 0.25) is 0 Å². The summed E-state index contributed by atoms with van der Waals surface area (Å²) in [7, 11) is 0. The summed E-state index contributed by atoms with van der Waals surface area (Å²) in [5, 5.41) is 0. The lowest BCUT2D eigenvalue weighted by atomic mass is 9.42. The Labute approximate surface area is 163 Å². The molecule has 7 atom stereocenters. The van der Waals surface area contributed by atoms with Crippen molar-refractivity contribution in [2.24, 2.45) is 40.2 Å². The number of rotatable bonds is 5. The van der Waals surface area contributed by atoms with E-state index in [9.17, 15) is 0 Å². The molecule has 0 aromatic carbocycles. The molecule has 4 fully saturated rings. The van der Waals surface area contributed by atoms with Crippen LogP contribution < -0.4 is 5.73 Å². The number of unbranched alkanes of at least 4 members (excludes halogenated alkanes) is 2. The maximum absolute atomic E-state index is 7.12. The quantitative estimate of drug-likeness (QED) is 0.521. The predicted molar refractivity (Wildman–Crippen MR) is 112 cm³/mol. The lowest BCUT2D eigenvalue weighted by molar-refractivity contribution is -0.127. The van der Waals surface area contributed by atoms with Crippen LogP contribution in [-0.4, -0.2) is 5.54 Å². The molecule has 0 amide bonds. The number of fused-ring (bicyclic) bond motifs is 5. The second-order valence-electron chi connectivity index (χ2n) is 11.1. The van der Waals surface area contributed by atoms with Gasteiger partial charge in [-0.05, 0) is 98.7 Å². The molecule has 2 N–H and O–H groups in total. The largest absolute Gasteiger partial charge is 0.325 e. The molecule has 26 heavy (non-hydrogen) atoms. The van der Waals surface area contributed by atoms with Gasteiger partial charge < -0.3 is 5.73 Å². The van der Waals surface area contributed by atoms with Gasteiger partial charge in [-0.3, -0.25) is 0 Å². The molecule has 0 aromatic heterocycles. The average molecular weight is 360 g/mol. The molecule has 7 unspecified atom stereocenters. The maximum atomic E-state index is 7.12. The Morgan fingerprint density at radius 2 is 1.65 bits per heavy atom. The Morgan fingerprint density at radius 1 is 0.846 bits per heavy atom. The minimum atomic E-state index is 0.164. The molecular weight excluding hydrogens is 314 g/mol. The van der Waals surface area contributed by atoms with Crippen molar-refractivity contribution in [3.63, 3.8) is 0 Å². The van der Waals surface area contributed by atoms with E-state index in [4.69, 9.17) is 5.73 Å². The van der Waals surface area contributed by atoms with Gasteiger partial charge in [-0.25, -0.2) is 0 Å². The zero-order chi connectivity index (χ0) is 18.4. The highest BCUT2D eigenvalue weighted by Crippen LogP contribution is 2.69. The first kappa shape index (κ1) is 19.3. The fourth-order valence-corrected chi connectivity index (χ4v) is 9.06. The second kappa shape index (κ2) is 7.09. The van der Waals surface area contributed by atoms with E-state index in [1.807, 2.05) is 0 Å². The van der Waals surface area contributed by atoms with E-state index < -0.39 is 0 Å². The predicted octanol–water partition coefficient (Wildman–Crippen LogP) is 7.09. The topological polar surface area (TPSA) is 26.0 Å². The van der Waals surface area contributed by atoms with Crippen LogP contribution in [0, 0.1) is 34.5 Å². The van der Waals surface area contributed by atoms with Gasteiger partial charge in [0.1, 0.15) is 0 Å². The van der Waals surface area contributed by atoms with Crippen molar-refractivity contribution >= 4 is 0 Å². The molecule has 0 spiro atoms. The molecule has 0 aromatic rings. The highest BCUT2D eigenvalue weighted by atomic mass is 14.8. The lowest BCUT2D eigenvalue weighted by Crippen LogP contribution is -2.65. The zero-order valence-electron chi connectivity index (χ0n) is 18.0. The van der Waals surface area contributed by atoms with Crippen LogP contribution in [0.5, 0.6) is 0 Å². The van der Waals surface area contributed by atoms with Gasteiger partial charge in [-0.15, -0.1) is 0 Å². The first-order chi connectivity index (χ1) is 12.5. The molecule has 4 rings (SSSR count). The molecule has 0 radical (unpaired) electrons. The van der Waals surface area contributed by atoms with E-state index in [-0.39, 0.29) is 5.54 Å². The van der Waals surface area contributed by atoms with Gasteiger partial charge in [-0.2, -0.15) is 0 Å². The van der Waals surface area contributed by atoms with Crippen molar-refractivity contribution in [2.75, 3.05) is 0 Å². The minimum Gasteiger partial charge on any atom is -0.325 e. The Hall–Kier alpha value is -0.0400. The van der Waals surface area contributed by atoms with E-state index in [0.29, 0.717) is 10.8 Å². The van der Waals surface area contributed by atoms with Crippen LogP contribution in [0.2, 0.25) is 0 Å². The van der Waals surface area contributed by atoms with Crippen molar-refractivity contribution in [3.05, 3.63) is 0 Å². The molecule has 4 aliphatic carbocycles. The smallest absolute Gasteiger partial charge is 0.0211 e. The standard InChI is InChI=1S/C25H45N/c1-4-6-7-10-19-11-12-22-20-13-18-25(26)16-9-8-15-23(25,3)21(20)14-17-24(19,22)5-2/h19-22H,4-18,26H2,1-3H3. The van der Waals surface area contributed by atoms with Crippen molar-refractivity contribution in [3.8, 4) is 0 Å². The summed E-state index contributed by atoms with van der Waals surface area (Å²) < 4.78 is 0. The summed E-state index contributed by atoms with van der Waals surface area (Å²) in [6, 6.07) is 0. The number of hydrogen-bond acceptors (Lipinski definition) is 1. The summed E-state index contributed by atoms with van der Waals surface area (Å²) in [6.07, 6.45) is 21.7. The first-order valence-corrected chi connectivity index (χ1v) is 12.3. The molecule has 1 nitrogen and oxygen atoms in total. The average Bonchev–Trinajstić information content (AvgIpc) is 3.02.